The van der Waals surface area contributed by atoms with Crippen LogP contribution in [-0.2, 0) is 11.2 Å². The van der Waals surface area contributed by atoms with Gasteiger partial charge in [0.1, 0.15) is 5.76 Å². The van der Waals surface area contributed by atoms with Crippen LogP contribution >= 0.6 is 11.3 Å². The molecule has 98 valence electrons. The van der Waals surface area contributed by atoms with E-state index in [-0.39, 0.29) is 5.91 Å². The second kappa shape index (κ2) is 6.70. The van der Waals surface area contributed by atoms with Gasteiger partial charge in [-0.3, -0.25) is 4.79 Å². The molecule has 19 heavy (non-hydrogen) atoms. The molecule has 0 atom stereocenters. The van der Waals surface area contributed by atoms with E-state index in [0.717, 1.165) is 10.6 Å². The van der Waals surface area contributed by atoms with Gasteiger partial charge in [-0.2, -0.15) is 5.10 Å². The topological polar surface area (TPSA) is 54.6 Å². The highest BCUT2D eigenvalue weighted by Gasteiger charge is 2.02. The van der Waals surface area contributed by atoms with Gasteiger partial charge in [-0.25, -0.2) is 5.43 Å². The largest absolute Gasteiger partial charge is 0.465 e. The minimum atomic E-state index is -0.117. The first kappa shape index (κ1) is 13.3. The van der Waals surface area contributed by atoms with Crippen molar-refractivity contribution >= 4 is 29.0 Å². The number of carbonyl (C=O) groups is 1. The van der Waals surface area contributed by atoms with Gasteiger partial charge in [-0.15, -0.1) is 11.3 Å². The summed E-state index contributed by atoms with van der Waals surface area (Å²) in [5, 5.41) is 5.94. The number of nitrogens with zero attached hydrogens (tertiary/aromatic N) is 1. The summed E-state index contributed by atoms with van der Waals surface area (Å²) in [5.74, 6) is 0.632. The fraction of sp³-hybridized carbons (Fsp3) is 0.143. The Labute approximate surface area is 115 Å². The lowest BCUT2D eigenvalue weighted by molar-refractivity contribution is -0.120. The fourth-order valence-electron chi connectivity index (χ4n) is 1.39. The molecule has 0 aliphatic heterocycles. The number of furan rings is 1. The Kier molecular flexibility index (Phi) is 4.69. The molecule has 0 unspecified atom stereocenters. The first-order valence-corrected chi connectivity index (χ1v) is 6.69. The second-order valence-corrected chi connectivity index (χ2v) is 4.93. The molecule has 0 fully saturated rings. The molecule has 1 amide bonds. The van der Waals surface area contributed by atoms with Crippen LogP contribution in [0.2, 0.25) is 0 Å². The summed E-state index contributed by atoms with van der Waals surface area (Å²) in [5.41, 5.74) is 3.23. The number of nitrogens with one attached hydrogen (secondary N) is 1. The summed E-state index contributed by atoms with van der Waals surface area (Å²) in [6, 6.07) is 7.51. The quantitative estimate of drug-likeness (QED) is 0.673. The van der Waals surface area contributed by atoms with Gasteiger partial charge in [0.15, 0.2) is 0 Å². The van der Waals surface area contributed by atoms with Crippen molar-refractivity contribution < 1.29 is 9.21 Å². The first-order valence-electron chi connectivity index (χ1n) is 5.81. The van der Waals surface area contributed by atoms with Crippen LogP contribution in [0.1, 0.15) is 17.6 Å². The number of rotatable bonds is 5. The van der Waals surface area contributed by atoms with Crippen LogP contribution in [0, 0.1) is 0 Å². The number of allylic oxidation sites excluding steroid dienone is 1. The van der Waals surface area contributed by atoms with Crippen LogP contribution in [0.4, 0.5) is 0 Å². The van der Waals surface area contributed by atoms with E-state index < -0.39 is 0 Å². The van der Waals surface area contributed by atoms with E-state index in [9.17, 15) is 4.79 Å². The maximum absolute atomic E-state index is 11.6. The summed E-state index contributed by atoms with van der Waals surface area (Å²) >= 11 is 1.56. The zero-order valence-electron chi connectivity index (χ0n) is 10.5. The average Bonchev–Trinajstić information content (AvgIpc) is 3.06. The molecule has 0 aliphatic carbocycles. The van der Waals surface area contributed by atoms with Gasteiger partial charge in [0, 0.05) is 4.88 Å². The Morgan fingerprint density at radius 2 is 2.37 bits per heavy atom. The number of hydrazone groups is 1. The molecule has 0 saturated heterocycles. The highest BCUT2D eigenvalue weighted by atomic mass is 32.1. The smallest absolute Gasteiger partial charge is 0.245 e. The van der Waals surface area contributed by atoms with Crippen molar-refractivity contribution in [2.24, 2.45) is 5.10 Å². The van der Waals surface area contributed by atoms with Crippen molar-refractivity contribution in [3.05, 3.63) is 52.6 Å². The number of hydrogen-bond donors (Lipinski definition) is 1. The van der Waals surface area contributed by atoms with Gasteiger partial charge in [0.25, 0.3) is 0 Å². The fourth-order valence-corrected chi connectivity index (χ4v) is 2.09. The number of amides is 1. The molecule has 2 heterocycles. The first-order chi connectivity index (χ1) is 9.24. The molecule has 0 radical (unpaired) electrons. The van der Waals surface area contributed by atoms with Crippen molar-refractivity contribution in [2.75, 3.05) is 0 Å². The third kappa shape index (κ3) is 4.56. The summed E-state index contributed by atoms with van der Waals surface area (Å²) < 4.78 is 5.15. The minimum absolute atomic E-state index is 0.117. The highest BCUT2D eigenvalue weighted by molar-refractivity contribution is 7.10. The molecule has 2 rings (SSSR count). The van der Waals surface area contributed by atoms with Gasteiger partial charge in [-0.1, -0.05) is 6.07 Å². The summed E-state index contributed by atoms with van der Waals surface area (Å²) in [7, 11) is 0. The average molecular weight is 274 g/mol. The minimum Gasteiger partial charge on any atom is -0.465 e. The molecular weight excluding hydrogens is 260 g/mol. The molecule has 2 aromatic rings. The monoisotopic (exact) mass is 274 g/mol. The zero-order chi connectivity index (χ0) is 13.5. The second-order valence-electron chi connectivity index (χ2n) is 3.89. The zero-order valence-corrected chi connectivity index (χ0v) is 11.3. The summed E-state index contributed by atoms with van der Waals surface area (Å²) in [4.78, 5) is 12.6. The third-order valence-corrected chi connectivity index (χ3v) is 3.18. The maximum Gasteiger partial charge on any atom is 0.245 e. The standard InChI is InChI=1S/C14H14N2O2S/c1-11(6-7-12-4-2-8-18-12)15-16-14(17)10-13-5-3-9-19-13/h2-9H,10H2,1H3,(H,16,17)/b7-6+,15-11?. The highest BCUT2D eigenvalue weighted by Crippen LogP contribution is 2.08. The summed E-state index contributed by atoms with van der Waals surface area (Å²) in [6.45, 7) is 1.81. The number of carbonyl (C=O) groups excluding carboxylic acids is 1. The molecule has 5 heteroatoms. The van der Waals surface area contributed by atoms with Crippen molar-refractivity contribution in [1.29, 1.82) is 0 Å². The van der Waals surface area contributed by atoms with Gasteiger partial charge in [0.2, 0.25) is 5.91 Å². The molecule has 4 nitrogen and oxygen atoms in total. The van der Waals surface area contributed by atoms with Gasteiger partial charge >= 0.3 is 0 Å². The lowest BCUT2D eigenvalue weighted by Crippen LogP contribution is -2.20. The van der Waals surface area contributed by atoms with E-state index in [4.69, 9.17) is 4.42 Å². The Morgan fingerprint density at radius 3 is 3.05 bits per heavy atom. The molecule has 1 N–H and O–H groups in total. The van der Waals surface area contributed by atoms with E-state index in [0.29, 0.717) is 12.1 Å². The predicted molar refractivity (Wildman–Crippen MR) is 77.0 cm³/mol. The van der Waals surface area contributed by atoms with E-state index in [2.05, 4.69) is 10.5 Å². The molecule has 2 aromatic heterocycles. The van der Waals surface area contributed by atoms with Crippen LogP contribution in [0.5, 0.6) is 0 Å². The van der Waals surface area contributed by atoms with Crippen molar-refractivity contribution in [2.45, 2.75) is 13.3 Å². The SMILES string of the molecule is CC(/C=C/c1ccco1)=NNC(=O)Cc1cccs1. The van der Waals surface area contributed by atoms with E-state index in [1.165, 1.54) is 0 Å². The maximum atomic E-state index is 11.6. The van der Waals surface area contributed by atoms with Crippen molar-refractivity contribution in [3.8, 4) is 0 Å². The summed E-state index contributed by atoms with van der Waals surface area (Å²) in [6.07, 6.45) is 5.54. The van der Waals surface area contributed by atoms with Gasteiger partial charge in [0.05, 0.1) is 18.4 Å². The van der Waals surface area contributed by atoms with Crippen molar-refractivity contribution in [3.63, 3.8) is 0 Å². The van der Waals surface area contributed by atoms with E-state index >= 15 is 0 Å². The van der Waals surface area contributed by atoms with Crippen molar-refractivity contribution in [1.82, 2.24) is 5.43 Å². The van der Waals surface area contributed by atoms with Crippen LogP contribution in [0.3, 0.4) is 0 Å². The molecule has 0 spiro atoms. The predicted octanol–water partition coefficient (Wildman–Crippen LogP) is 3.09. The Balaban J connectivity index is 1.82. The normalized spacial score (nSPS) is 11.9. The van der Waals surface area contributed by atoms with E-state index in [1.807, 2.05) is 36.6 Å². The number of thiophene rings is 1. The molecule has 0 bridgehead atoms. The number of hydrogen-bond acceptors (Lipinski definition) is 4. The molecule has 0 saturated carbocycles. The Morgan fingerprint density at radius 1 is 1.47 bits per heavy atom. The van der Waals surface area contributed by atoms with Crippen LogP contribution in [0.15, 0.2) is 51.5 Å². The van der Waals surface area contributed by atoms with Crippen LogP contribution in [-0.4, -0.2) is 11.6 Å². The van der Waals surface area contributed by atoms with Gasteiger partial charge in [-0.05, 0) is 42.7 Å². The molecular formula is C14H14N2O2S. The Hall–Kier alpha value is -2.14. The third-order valence-electron chi connectivity index (χ3n) is 2.30. The van der Waals surface area contributed by atoms with E-state index in [1.54, 1.807) is 29.8 Å². The van der Waals surface area contributed by atoms with Gasteiger partial charge < -0.3 is 4.42 Å². The lowest BCUT2D eigenvalue weighted by atomic mass is 10.3. The molecule has 0 aromatic carbocycles. The molecule has 0 aliphatic rings. The lowest BCUT2D eigenvalue weighted by Gasteiger charge is -1.98. The van der Waals surface area contributed by atoms with Crippen LogP contribution < -0.4 is 5.43 Å². The Bertz CT molecular complexity index is 569. The van der Waals surface area contributed by atoms with Crippen LogP contribution in [0.25, 0.3) is 6.08 Å².